The second-order valence-electron chi connectivity index (χ2n) is 3.73. The van der Waals surface area contributed by atoms with Gasteiger partial charge in [0, 0.05) is 5.56 Å². The molecular weight excluding hydrogens is 277 g/mol. The predicted octanol–water partition coefficient (Wildman–Crippen LogP) is 2.30. The van der Waals surface area contributed by atoms with Gasteiger partial charge in [-0.2, -0.15) is 28.9 Å². The van der Waals surface area contributed by atoms with Crippen LogP contribution in [0.4, 0.5) is 13.2 Å². The van der Waals surface area contributed by atoms with Crippen molar-refractivity contribution in [1.29, 1.82) is 5.26 Å². The molecule has 2 aromatic rings. The minimum absolute atomic E-state index is 0.214. The SMILES string of the molecule is N#CC(NO)c1ccc(-c2noc(C(F)(F)F)n2)cc1. The van der Waals surface area contributed by atoms with Crippen molar-refractivity contribution in [2.24, 2.45) is 0 Å². The highest BCUT2D eigenvalue weighted by Crippen LogP contribution is 2.29. The van der Waals surface area contributed by atoms with Gasteiger partial charge in [-0.1, -0.05) is 29.4 Å². The van der Waals surface area contributed by atoms with E-state index in [0.29, 0.717) is 11.1 Å². The highest BCUT2D eigenvalue weighted by atomic mass is 19.4. The molecule has 0 aliphatic rings. The molecule has 1 unspecified atom stereocenters. The number of nitriles is 1. The van der Waals surface area contributed by atoms with Crippen molar-refractivity contribution in [2.45, 2.75) is 12.2 Å². The summed E-state index contributed by atoms with van der Waals surface area (Å²) in [5.41, 5.74) is 2.53. The fraction of sp³-hybridized carbons (Fsp3) is 0.182. The van der Waals surface area contributed by atoms with E-state index in [1.807, 2.05) is 0 Å². The Labute approximate surface area is 110 Å². The van der Waals surface area contributed by atoms with Crippen LogP contribution in [0.25, 0.3) is 11.4 Å². The number of nitrogens with zero attached hydrogens (tertiary/aromatic N) is 3. The highest BCUT2D eigenvalue weighted by molar-refractivity contribution is 5.55. The van der Waals surface area contributed by atoms with E-state index < -0.39 is 18.1 Å². The van der Waals surface area contributed by atoms with Gasteiger partial charge >= 0.3 is 12.1 Å². The summed E-state index contributed by atoms with van der Waals surface area (Å²) in [6.45, 7) is 0. The second kappa shape index (κ2) is 5.28. The molecule has 1 aromatic heterocycles. The molecule has 9 heteroatoms. The number of aromatic nitrogens is 2. The molecule has 6 nitrogen and oxygen atoms in total. The molecule has 0 saturated carbocycles. The molecule has 0 amide bonds. The number of rotatable bonds is 3. The zero-order valence-corrected chi connectivity index (χ0v) is 9.72. The number of benzene rings is 1. The fourth-order valence-electron chi connectivity index (χ4n) is 1.46. The maximum Gasteiger partial charge on any atom is 0.471 e. The maximum atomic E-state index is 12.3. The van der Waals surface area contributed by atoms with E-state index >= 15 is 0 Å². The van der Waals surface area contributed by atoms with Crippen molar-refractivity contribution in [3.63, 3.8) is 0 Å². The minimum atomic E-state index is -4.70. The Morgan fingerprint density at radius 3 is 2.40 bits per heavy atom. The molecule has 0 saturated heterocycles. The van der Waals surface area contributed by atoms with E-state index in [2.05, 4.69) is 14.7 Å². The Morgan fingerprint density at radius 2 is 1.95 bits per heavy atom. The van der Waals surface area contributed by atoms with Crippen molar-refractivity contribution < 1.29 is 22.9 Å². The lowest BCUT2D eigenvalue weighted by Gasteiger charge is -2.06. The van der Waals surface area contributed by atoms with Gasteiger partial charge in [-0.05, 0) is 5.56 Å². The van der Waals surface area contributed by atoms with Crippen LogP contribution in [0.2, 0.25) is 0 Å². The third kappa shape index (κ3) is 2.76. The monoisotopic (exact) mass is 284 g/mol. The Kier molecular flexibility index (Phi) is 3.69. The lowest BCUT2D eigenvalue weighted by Crippen LogP contribution is -2.14. The summed E-state index contributed by atoms with van der Waals surface area (Å²) in [6.07, 6.45) is -4.70. The molecule has 0 fully saturated rings. The summed E-state index contributed by atoms with van der Waals surface area (Å²) in [4.78, 5) is 3.23. The molecule has 104 valence electrons. The summed E-state index contributed by atoms with van der Waals surface area (Å²) in [7, 11) is 0. The maximum absolute atomic E-state index is 12.3. The molecule has 1 heterocycles. The highest BCUT2D eigenvalue weighted by Gasteiger charge is 2.38. The van der Waals surface area contributed by atoms with E-state index in [-0.39, 0.29) is 5.82 Å². The zero-order chi connectivity index (χ0) is 14.8. The van der Waals surface area contributed by atoms with E-state index in [9.17, 15) is 13.2 Å². The van der Waals surface area contributed by atoms with Gasteiger partial charge in [0.15, 0.2) is 0 Å². The zero-order valence-electron chi connectivity index (χ0n) is 9.72. The van der Waals surface area contributed by atoms with Crippen molar-refractivity contribution in [3.05, 3.63) is 35.7 Å². The topological polar surface area (TPSA) is 95.0 Å². The smallest absolute Gasteiger partial charge is 0.329 e. The number of alkyl halides is 3. The second-order valence-corrected chi connectivity index (χ2v) is 3.73. The molecule has 0 spiro atoms. The third-order valence-corrected chi connectivity index (χ3v) is 2.43. The van der Waals surface area contributed by atoms with Gasteiger partial charge in [0.2, 0.25) is 5.82 Å². The van der Waals surface area contributed by atoms with Gasteiger partial charge in [0.05, 0.1) is 6.07 Å². The van der Waals surface area contributed by atoms with E-state index in [1.54, 1.807) is 11.5 Å². The van der Waals surface area contributed by atoms with E-state index in [4.69, 9.17) is 10.5 Å². The Balaban J connectivity index is 2.27. The van der Waals surface area contributed by atoms with Crippen LogP contribution in [-0.2, 0) is 6.18 Å². The lowest BCUT2D eigenvalue weighted by molar-refractivity contribution is -0.159. The summed E-state index contributed by atoms with van der Waals surface area (Å²) in [5, 5.41) is 20.7. The summed E-state index contributed by atoms with van der Waals surface area (Å²) in [5.74, 6) is -1.64. The molecule has 20 heavy (non-hydrogen) atoms. The molecule has 0 aliphatic heterocycles. The largest absolute Gasteiger partial charge is 0.471 e. The molecule has 0 radical (unpaired) electrons. The van der Waals surface area contributed by atoms with Crippen molar-refractivity contribution in [3.8, 4) is 17.5 Å². The van der Waals surface area contributed by atoms with Gasteiger partial charge < -0.3 is 9.73 Å². The minimum Gasteiger partial charge on any atom is -0.329 e. The van der Waals surface area contributed by atoms with Crippen molar-refractivity contribution >= 4 is 0 Å². The van der Waals surface area contributed by atoms with E-state index in [1.165, 1.54) is 24.3 Å². The van der Waals surface area contributed by atoms with Gasteiger partial charge in [-0.25, -0.2) is 0 Å². The number of nitrogens with one attached hydrogen (secondary N) is 1. The van der Waals surface area contributed by atoms with Gasteiger partial charge in [0.25, 0.3) is 0 Å². The van der Waals surface area contributed by atoms with Crippen LogP contribution in [0.15, 0.2) is 28.8 Å². The molecule has 2 rings (SSSR count). The Bertz CT molecular complexity index is 630. The molecule has 1 atom stereocenters. The van der Waals surface area contributed by atoms with Crippen LogP contribution in [0.3, 0.4) is 0 Å². The first-order valence-corrected chi connectivity index (χ1v) is 5.26. The first kappa shape index (κ1) is 14.0. The molecular formula is C11H7F3N4O2. The number of hydroxylamine groups is 1. The lowest BCUT2D eigenvalue weighted by atomic mass is 10.1. The van der Waals surface area contributed by atoms with Gasteiger partial charge in [-0.15, -0.1) is 0 Å². The van der Waals surface area contributed by atoms with Crippen molar-refractivity contribution in [1.82, 2.24) is 15.6 Å². The molecule has 0 bridgehead atoms. The first-order chi connectivity index (χ1) is 9.45. The quantitative estimate of drug-likeness (QED) is 0.840. The molecule has 1 aromatic carbocycles. The van der Waals surface area contributed by atoms with Gasteiger partial charge in [0.1, 0.15) is 6.04 Å². The average Bonchev–Trinajstić information content (AvgIpc) is 2.90. The predicted molar refractivity (Wildman–Crippen MR) is 58.0 cm³/mol. The average molecular weight is 284 g/mol. The number of halogens is 3. The Morgan fingerprint density at radius 1 is 1.30 bits per heavy atom. The van der Waals surface area contributed by atoms with Gasteiger partial charge in [-0.3, -0.25) is 0 Å². The molecule has 2 N–H and O–H groups in total. The van der Waals surface area contributed by atoms with Crippen LogP contribution in [0, 0.1) is 11.3 Å². The van der Waals surface area contributed by atoms with Crippen LogP contribution in [0.1, 0.15) is 17.5 Å². The normalized spacial score (nSPS) is 12.9. The van der Waals surface area contributed by atoms with Crippen LogP contribution >= 0.6 is 0 Å². The molecule has 0 aliphatic carbocycles. The van der Waals surface area contributed by atoms with E-state index in [0.717, 1.165) is 0 Å². The van der Waals surface area contributed by atoms with Crippen LogP contribution in [0.5, 0.6) is 0 Å². The Hall–Kier alpha value is -2.44. The first-order valence-electron chi connectivity index (χ1n) is 5.26. The standard InChI is InChI=1S/C11H7F3N4O2/c12-11(13,14)10-16-9(18-20-10)7-3-1-6(2-4-7)8(5-15)17-19/h1-4,8,17,19H. The summed E-state index contributed by atoms with van der Waals surface area (Å²) in [6, 6.07) is 6.61. The van der Waals surface area contributed by atoms with Crippen LogP contribution in [-0.4, -0.2) is 15.3 Å². The number of hydrogen-bond acceptors (Lipinski definition) is 6. The van der Waals surface area contributed by atoms with Crippen LogP contribution < -0.4 is 5.48 Å². The van der Waals surface area contributed by atoms with Crippen molar-refractivity contribution in [2.75, 3.05) is 0 Å². The summed E-state index contributed by atoms with van der Waals surface area (Å²) < 4.78 is 41.0. The fourth-order valence-corrected chi connectivity index (χ4v) is 1.46. The third-order valence-electron chi connectivity index (χ3n) is 2.43. The summed E-state index contributed by atoms with van der Waals surface area (Å²) >= 11 is 0. The number of hydrogen-bond donors (Lipinski definition) is 2.